The first kappa shape index (κ1) is 16.9. The average Bonchev–Trinajstić information content (AvgIpc) is 2.89. The Balaban J connectivity index is 1.73. The number of fused-ring (bicyclic) bond motifs is 1. The molecule has 6 heteroatoms. The summed E-state index contributed by atoms with van der Waals surface area (Å²) in [6, 6.07) is 5.94. The van der Waals surface area contributed by atoms with Crippen LogP contribution in [0.1, 0.15) is 32.0 Å². The maximum atomic E-state index is 11.9. The zero-order valence-corrected chi connectivity index (χ0v) is 14.5. The van der Waals surface area contributed by atoms with Crippen molar-refractivity contribution >= 4 is 22.6 Å². The van der Waals surface area contributed by atoms with Crippen molar-refractivity contribution in [3.8, 4) is 0 Å². The highest BCUT2D eigenvalue weighted by atomic mass is 16.5. The van der Waals surface area contributed by atoms with E-state index in [9.17, 15) is 4.79 Å². The normalized spacial score (nSPS) is 15.8. The smallest absolute Gasteiger partial charge is 0.224 e. The molecule has 1 saturated heterocycles. The van der Waals surface area contributed by atoms with Gasteiger partial charge in [0.25, 0.3) is 0 Å². The molecule has 0 radical (unpaired) electrons. The lowest BCUT2D eigenvalue weighted by Gasteiger charge is -2.26. The maximum absolute atomic E-state index is 11.9. The molecular weight excluding hydrogens is 304 g/mol. The summed E-state index contributed by atoms with van der Waals surface area (Å²) < 4.78 is 7.53. The van der Waals surface area contributed by atoms with Gasteiger partial charge in [-0.2, -0.15) is 0 Å². The first-order chi connectivity index (χ1) is 11.7. The van der Waals surface area contributed by atoms with E-state index in [1.807, 2.05) is 25.2 Å². The quantitative estimate of drug-likeness (QED) is 0.884. The fourth-order valence-corrected chi connectivity index (χ4v) is 2.99. The van der Waals surface area contributed by atoms with Crippen LogP contribution in [0.4, 0.5) is 5.69 Å². The Morgan fingerprint density at radius 2 is 2.12 bits per heavy atom. The van der Waals surface area contributed by atoms with Crippen LogP contribution in [-0.4, -0.2) is 46.7 Å². The molecule has 1 N–H and O–H groups in total. The van der Waals surface area contributed by atoms with Crippen LogP contribution in [0.5, 0.6) is 0 Å². The van der Waals surface area contributed by atoms with Gasteiger partial charge in [-0.15, -0.1) is 0 Å². The lowest BCUT2D eigenvalue weighted by atomic mass is 10.2. The van der Waals surface area contributed by atoms with Crippen LogP contribution < -0.4 is 5.32 Å². The SMILES string of the molecule is CCCCC(=O)Nc1ccc2c(c1)nc(CN1CCOCC1)n2C. The molecule has 0 saturated carbocycles. The number of anilines is 1. The molecule has 130 valence electrons. The van der Waals surface area contributed by atoms with E-state index in [0.717, 1.165) is 68.2 Å². The van der Waals surface area contributed by atoms with E-state index < -0.39 is 0 Å². The third-order valence-electron chi connectivity index (χ3n) is 4.48. The highest BCUT2D eigenvalue weighted by Crippen LogP contribution is 2.21. The second-order valence-corrected chi connectivity index (χ2v) is 6.33. The van der Waals surface area contributed by atoms with Gasteiger partial charge in [-0.05, 0) is 24.6 Å². The Morgan fingerprint density at radius 3 is 2.88 bits per heavy atom. The van der Waals surface area contributed by atoms with E-state index in [1.54, 1.807) is 0 Å². The highest BCUT2D eigenvalue weighted by Gasteiger charge is 2.15. The molecule has 0 aliphatic carbocycles. The van der Waals surface area contributed by atoms with Gasteiger partial charge in [-0.3, -0.25) is 9.69 Å². The van der Waals surface area contributed by atoms with Crippen molar-refractivity contribution in [2.75, 3.05) is 31.6 Å². The molecule has 24 heavy (non-hydrogen) atoms. The van der Waals surface area contributed by atoms with Crippen molar-refractivity contribution in [1.29, 1.82) is 0 Å². The van der Waals surface area contributed by atoms with E-state index in [-0.39, 0.29) is 5.91 Å². The molecule has 2 aromatic rings. The van der Waals surface area contributed by atoms with Crippen molar-refractivity contribution in [1.82, 2.24) is 14.5 Å². The van der Waals surface area contributed by atoms with Gasteiger partial charge in [0.1, 0.15) is 5.82 Å². The number of morpholine rings is 1. The topological polar surface area (TPSA) is 59.4 Å². The van der Waals surface area contributed by atoms with Gasteiger partial charge in [0.05, 0.1) is 30.8 Å². The molecule has 6 nitrogen and oxygen atoms in total. The van der Waals surface area contributed by atoms with Gasteiger partial charge >= 0.3 is 0 Å². The Hall–Kier alpha value is -1.92. The van der Waals surface area contributed by atoms with Crippen LogP contribution in [0, 0.1) is 0 Å². The summed E-state index contributed by atoms with van der Waals surface area (Å²) >= 11 is 0. The largest absolute Gasteiger partial charge is 0.379 e. The van der Waals surface area contributed by atoms with Crippen LogP contribution in [0.3, 0.4) is 0 Å². The molecule has 1 fully saturated rings. The molecular formula is C18H26N4O2. The summed E-state index contributed by atoms with van der Waals surface area (Å²) in [5.74, 6) is 1.11. The van der Waals surface area contributed by atoms with Crippen LogP contribution in [0.15, 0.2) is 18.2 Å². The fourth-order valence-electron chi connectivity index (χ4n) is 2.99. The second-order valence-electron chi connectivity index (χ2n) is 6.33. The lowest BCUT2D eigenvalue weighted by Crippen LogP contribution is -2.36. The standard InChI is InChI=1S/C18H26N4O2/c1-3-4-5-18(23)19-14-6-7-16-15(12-14)20-17(21(16)2)13-22-8-10-24-11-9-22/h6-7,12H,3-5,8-11,13H2,1-2H3,(H,19,23). The Labute approximate surface area is 142 Å². The van der Waals surface area contributed by atoms with Gasteiger partial charge in [0, 0.05) is 32.2 Å². The van der Waals surface area contributed by atoms with Crippen molar-refractivity contribution < 1.29 is 9.53 Å². The summed E-state index contributed by atoms with van der Waals surface area (Å²) in [7, 11) is 2.05. The molecule has 0 unspecified atom stereocenters. The van der Waals surface area contributed by atoms with E-state index in [1.165, 1.54) is 0 Å². The van der Waals surface area contributed by atoms with Crippen molar-refractivity contribution in [3.63, 3.8) is 0 Å². The minimum atomic E-state index is 0.0701. The number of unbranched alkanes of at least 4 members (excludes halogenated alkanes) is 1. The molecule has 1 aromatic carbocycles. The number of nitrogens with one attached hydrogen (secondary N) is 1. The zero-order chi connectivity index (χ0) is 16.9. The number of carbonyl (C=O) groups excluding carboxylic acids is 1. The Morgan fingerprint density at radius 1 is 1.33 bits per heavy atom. The lowest BCUT2D eigenvalue weighted by molar-refractivity contribution is -0.116. The Kier molecular flexibility index (Phi) is 5.48. The number of carbonyl (C=O) groups is 1. The molecule has 0 atom stereocenters. The maximum Gasteiger partial charge on any atom is 0.224 e. The van der Waals surface area contributed by atoms with E-state index >= 15 is 0 Å². The van der Waals surface area contributed by atoms with Crippen LogP contribution in [0.25, 0.3) is 11.0 Å². The summed E-state index contributed by atoms with van der Waals surface area (Å²) in [5, 5.41) is 2.96. The number of hydrogen-bond donors (Lipinski definition) is 1. The first-order valence-electron chi connectivity index (χ1n) is 8.72. The summed E-state index contributed by atoms with van der Waals surface area (Å²) in [5.41, 5.74) is 2.83. The monoisotopic (exact) mass is 330 g/mol. The average molecular weight is 330 g/mol. The number of benzene rings is 1. The highest BCUT2D eigenvalue weighted by molar-refractivity contribution is 5.93. The predicted molar refractivity (Wildman–Crippen MR) is 95.0 cm³/mol. The molecule has 1 amide bonds. The van der Waals surface area contributed by atoms with Gasteiger partial charge in [0.2, 0.25) is 5.91 Å². The number of amides is 1. The number of imidazole rings is 1. The van der Waals surface area contributed by atoms with Crippen molar-refractivity contribution in [2.45, 2.75) is 32.7 Å². The molecule has 3 rings (SSSR count). The molecule has 2 heterocycles. The summed E-state index contributed by atoms with van der Waals surface area (Å²) in [6.45, 7) is 6.38. The second kappa shape index (κ2) is 7.77. The third kappa shape index (κ3) is 3.94. The van der Waals surface area contributed by atoms with Crippen LogP contribution in [-0.2, 0) is 23.1 Å². The van der Waals surface area contributed by atoms with E-state index in [0.29, 0.717) is 6.42 Å². The minimum absolute atomic E-state index is 0.0701. The predicted octanol–water partition coefficient (Wildman–Crippen LogP) is 2.53. The summed E-state index contributed by atoms with van der Waals surface area (Å²) in [4.78, 5) is 19.0. The summed E-state index contributed by atoms with van der Waals surface area (Å²) in [6.07, 6.45) is 2.51. The van der Waals surface area contributed by atoms with Gasteiger partial charge in [-0.1, -0.05) is 13.3 Å². The molecule has 0 spiro atoms. The number of ether oxygens (including phenoxy) is 1. The molecule has 0 bridgehead atoms. The molecule has 1 aliphatic rings. The third-order valence-corrected chi connectivity index (χ3v) is 4.48. The van der Waals surface area contributed by atoms with Crippen LogP contribution >= 0.6 is 0 Å². The number of hydrogen-bond acceptors (Lipinski definition) is 4. The van der Waals surface area contributed by atoms with Gasteiger partial charge in [0.15, 0.2) is 0 Å². The van der Waals surface area contributed by atoms with Gasteiger partial charge < -0.3 is 14.6 Å². The zero-order valence-electron chi connectivity index (χ0n) is 14.5. The number of rotatable bonds is 6. The molecule has 1 aliphatic heterocycles. The number of aryl methyl sites for hydroxylation is 1. The Bertz CT molecular complexity index is 704. The molecule has 1 aromatic heterocycles. The van der Waals surface area contributed by atoms with Gasteiger partial charge in [-0.25, -0.2) is 4.98 Å². The van der Waals surface area contributed by atoms with Crippen LogP contribution in [0.2, 0.25) is 0 Å². The number of aromatic nitrogens is 2. The first-order valence-corrected chi connectivity index (χ1v) is 8.72. The van der Waals surface area contributed by atoms with Crippen molar-refractivity contribution in [2.24, 2.45) is 7.05 Å². The number of nitrogens with zero attached hydrogens (tertiary/aromatic N) is 3. The van der Waals surface area contributed by atoms with E-state index in [2.05, 4.69) is 21.7 Å². The van der Waals surface area contributed by atoms with Crippen molar-refractivity contribution in [3.05, 3.63) is 24.0 Å². The minimum Gasteiger partial charge on any atom is -0.379 e. The van der Waals surface area contributed by atoms with E-state index in [4.69, 9.17) is 9.72 Å². The fraction of sp³-hybridized carbons (Fsp3) is 0.556.